The zero-order valence-corrected chi connectivity index (χ0v) is 9.89. The van der Waals surface area contributed by atoms with Gasteiger partial charge in [-0.15, -0.1) is 0 Å². The largest absolute Gasteiger partial charge is 0.494 e. The molecule has 0 aliphatic heterocycles. The minimum absolute atomic E-state index is 0.747. The first-order chi connectivity index (χ1) is 7.33. The molecule has 0 unspecified atom stereocenters. The molecular weight excluding hydrogens is 210 g/mol. The van der Waals surface area contributed by atoms with Crippen molar-refractivity contribution in [1.82, 2.24) is 5.32 Å². The molecular formula is C12H18ClNO. The number of rotatable bonds is 7. The van der Waals surface area contributed by atoms with Crippen molar-refractivity contribution in [3.8, 4) is 5.75 Å². The van der Waals surface area contributed by atoms with Gasteiger partial charge >= 0.3 is 0 Å². The number of nitrogens with one attached hydrogen (secondary N) is 1. The van der Waals surface area contributed by atoms with Gasteiger partial charge in [0, 0.05) is 5.02 Å². The van der Waals surface area contributed by atoms with Crippen molar-refractivity contribution >= 4 is 11.6 Å². The van der Waals surface area contributed by atoms with Crippen LogP contribution in [0.5, 0.6) is 5.75 Å². The molecule has 0 heterocycles. The molecule has 1 aromatic rings. The van der Waals surface area contributed by atoms with E-state index in [1.807, 2.05) is 31.3 Å². The van der Waals surface area contributed by atoms with Crippen LogP contribution in [0.3, 0.4) is 0 Å². The number of hydrogen-bond donors (Lipinski definition) is 1. The lowest BCUT2D eigenvalue weighted by Crippen LogP contribution is -2.07. The molecule has 2 nitrogen and oxygen atoms in total. The molecule has 0 aromatic heterocycles. The highest BCUT2D eigenvalue weighted by atomic mass is 35.5. The Kier molecular flexibility index (Phi) is 6.21. The smallest absolute Gasteiger partial charge is 0.119 e. The molecule has 15 heavy (non-hydrogen) atoms. The fourth-order valence-corrected chi connectivity index (χ4v) is 1.43. The van der Waals surface area contributed by atoms with Gasteiger partial charge in [-0.2, -0.15) is 0 Å². The summed E-state index contributed by atoms with van der Waals surface area (Å²) in [7, 11) is 1.98. The Morgan fingerprint density at radius 1 is 1.13 bits per heavy atom. The second kappa shape index (κ2) is 7.55. The van der Waals surface area contributed by atoms with Gasteiger partial charge in [0.1, 0.15) is 5.75 Å². The van der Waals surface area contributed by atoms with E-state index in [4.69, 9.17) is 16.3 Å². The summed E-state index contributed by atoms with van der Waals surface area (Å²) in [5, 5.41) is 3.87. The molecule has 1 rings (SSSR count). The Balaban J connectivity index is 2.07. The maximum Gasteiger partial charge on any atom is 0.119 e. The summed E-state index contributed by atoms with van der Waals surface area (Å²) in [6.45, 7) is 1.87. The minimum Gasteiger partial charge on any atom is -0.494 e. The summed E-state index contributed by atoms with van der Waals surface area (Å²) in [6.07, 6.45) is 3.51. The monoisotopic (exact) mass is 227 g/mol. The normalized spacial score (nSPS) is 10.3. The van der Waals surface area contributed by atoms with Crippen LogP contribution in [0.25, 0.3) is 0 Å². The van der Waals surface area contributed by atoms with Crippen LogP contribution in [-0.4, -0.2) is 20.2 Å². The number of halogens is 1. The zero-order chi connectivity index (χ0) is 10.9. The van der Waals surface area contributed by atoms with E-state index in [2.05, 4.69) is 5.32 Å². The third-order valence-corrected chi connectivity index (χ3v) is 2.41. The summed E-state index contributed by atoms with van der Waals surface area (Å²) in [6, 6.07) is 7.49. The van der Waals surface area contributed by atoms with Gasteiger partial charge in [-0.3, -0.25) is 0 Å². The average Bonchev–Trinajstić information content (AvgIpc) is 2.26. The van der Waals surface area contributed by atoms with Crippen molar-refractivity contribution in [2.24, 2.45) is 0 Å². The van der Waals surface area contributed by atoms with Gasteiger partial charge in [0.05, 0.1) is 6.61 Å². The molecule has 3 heteroatoms. The predicted molar refractivity (Wildman–Crippen MR) is 64.7 cm³/mol. The molecule has 0 aliphatic rings. The molecule has 0 amide bonds. The van der Waals surface area contributed by atoms with Gasteiger partial charge in [0.25, 0.3) is 0 Å². The summed E-state index contributed by atoms with van der Waals surface area (Å²) < 4.78 is 5.56. The number of benzene rings is 1. The van der Waals surface area contributed by atoms with E-state index in [9.17, 15) is 0 Å². The van der Waals surface area contributed by atoms with E-state index in [1.54, 1.807) is 0 Å². The van der Waals surface area contributed by atoms with Crippen molar-refractivity contribution in [3.05, 3.63) is 29.3 Å². The van der Waals surface area contributed by atoms with Crippen LogP contribution in [0.4, 0.5) is 0 Å². The van der Waals surface area contributed by atoms with E-state index < -0.39 is 0 Å². The molecule has 0 radical (unpaired) electrons. The fourth-order valence-electron chi connectivity index (χ4n) is 1.30. The first kappa shape index (κ1) is 12.3. The summed E-state index contributed by atoms with van der Waals surface area (Å²) in [4.78, 5) is 0. The number of hydrogen-bond acceptors (Lipinski definition) is 2. The van der Waals surface area contributed by atoms with E-state index in [1.165, 1.54) is 12.8 Å². The highest BCUT2D eigenvalue weighted by Gasteiger charge is 1.93. The molecule has 0 saturated carbocycles. The van der Waals surface area contributed by atoms with Crippen LogP contribution in [0.1, 0.15) is 19.3 Å². The highest BCUT2D eigenvalue weighted by Crippen LogP contribution is 2.15. The van der Waals surface area contributed by atoms with Crippen molar-refractivity contribution in [2.45, 2.75) is 19.3 Å². The molecule has 0 bridgehead atoms. The minimum atomic E-state index is 0.747. The Morgan fingerprint density at radius 2 is 1.87 bits per heavy atom. The fraction of sp³-hybridized carbons (Fsp3) is 0.500. The van der Waals surface area contributed by atoms with Gasteiger partial charge < -0.3 is 10.1 Å². The van der Waals surface area contributed by atoms with Crippen molar-refractivity contribution < 1.29 is 4.74 Å². The Labute approximate surface area is 96.6 Å². The van der Waals surface area contributed by atoms with Gasteiger partial charge in [0.2, 0.25) is 0 Å². The van der Waals surface area contributed by atoms with Crippen molar-refractivity contribution in [2.75, 3.05) is 20.2 Å². The maximum absolute atomic E-state index is 5.77. The standard InChI is InChI=1S/C12H18ClNO/c1-14-9-3-2-4-10-15-12-7-5-11(13)6-8-12/h5-8,14H,2-4,9-10H2,1H3. The topological polar surface area (TPSA) is 21.3 Å². The number of unbranched alkanes of at least 4 members (excludes halogenated alkanes) is 2. The first-order valence-corrected chi connectivity index (χ1v) is 5.73. The van der Waals surface area contributed by atoms with Crippen LogP contribution in [-0.2, 0) is 0 Å². The SMILES string of the molecule is CNCCCCCOc1ccc(Cl)cc1. The van der Waals surface area contributed by atoms with Crippen LogP contribution in [0, 0.1) is 0 Å². The van der Waals surface area contributed by atoms with E-state index >= 15 is 0 Å². The highest BCUT2D eigenvalue weighted by molar-refractivity contribution is 6.30. The van der Waals surface area contributed by atoms with Crippen LogP contribution in [0.2, 0.25) is 5.02 Å². The van der Waals surface area contributed by atoms with Crippen molar-refractivity contribution in [1.29, 1.82) is 0 Å². The van der Waals surface area contributed by atoms with E-state index in [0.717, 1.165) is 30.3 Å². The second-order valence-corrected chi connectivity index (χ2v) is 3.90. The third kappa shape index (κ3) is 5.65. The Hall–Kier alpha value is -0.730. The van der Waals surface area contributed by atoms with Crippen LogP contribution in [0.15, 0.2) is 24.3 Å². The Morgan fingerprint density at radius 3 is 2.53 bits per heavy atom. The third-order valence-electron chi connectivity index (χ3n) is 2.15. The average molecular weight is 228 g/mol. The summed E-state index contributed by atoms with van der Waals surface area (Å²) in [5.74, 6) is 0.896. The molecule has 1 aromatic carbocycles. The second-order valence-electron chi connectivity index (χ2n) is 3.47. The molecule has 0 aliphatic carbocycles. The predicted octanol–water partition coefficient (Wildman–Crippen LogP) is 3.11. The molecule has 0 atom stereocenters. The van der Waals surface area contributed by atoms with E-state index in [-0.39, 0.29) is 0 Å². The molecule has 0 saturated heterocycles. The lowest BCUT2D eigenvalue weighted by atomic mass is 10.2. The van der Waals surface area contributed by atoms with Gasteiger partial charge in [-0.1, -0.05) is 11.6 Å². The number of ether oxygens (including phenoxy) is 1. The van der Waals surface area contributed by atoms with Gasteiger partial charge in [-0.05, 0) is 57.1 Å². The van der Waals surface area contributed by atoms with Gasteiger partial charge in [-0.25, -0.2) is 0 Å². The maximum atomic E-state index is 5.77. The molecule has 0 fully saturated rings. The molecule has 1 N–H and O–H groups in total. The lowest BCUT2D eigenvalue weighted by molar-refractivity contribution is 0.305. The quantitative estimate of drug-likeness (QED) is 0.723. The van der Waals surface area contributed by atoms with Crippen LogP contribution >= 0.6 is 11.6 Å². The van der Waals surface area contributed by atoms with Crippen LogP contribution < -0.4 is 10.1 Å². The van der Waals surface area contributed by atoms with Crippen molar-refractivity contribution in [3.63, 3.8) is 0 Å². The zero-order valence-electron chi connectivity index (χ0n) is 9.13. The lowest BCUT2D eigenvalue weighted by Gasteiger charge is -2.05. The van der Waals surface area contributed by atoms with Gasteiger partial charge in [0.15, 0.2) is 0 Å². The molecule has 84 valence electrons. The molecule has 0 spiro atoms. The summed E-state index contributed by atoms with van der Waals surface area (Å²) in [5.41, 5.74) is 0. The first-order valence-electron chi connectivity index (χ1n) is 5.36. The summed E-state index contributed by atoms with van der Waals surface area (Å²) >= 11 is 5.77. The van der Waals surface area contributed by atoms with E-state index in [0.29, 0.717) is 0 Å². The Bertz CT molecular complexity index is 261.